The van der Waals surface area contributed by atoms with Crippen molar-refractivity contribution in [1.29, 1.82) is 0 Å². The first-order valence-corrected chi connectivity index (χ1v) is 7.32. The molecule has 0 saturated heterocycles. The van der Waals surface area contributed by atoms with E-state index < -0.39 is 12.2 Å². The normalized spacial score (nSPS) is 27.5. The molecule has 5 heteroatoms. The van der Waals surface area contributed by atoms with E-state index in [1.807, 2.05) is 12.1 Å². The number of halogens is 2. The van der Waals surface area contributed by atoms with Gasteiger partial charge < -0.3 is 15.5 Å². The minimum atomic E-state index is -0.578. The van der Waals surface area contributed by atoms with Crippen LogP contribution in [-0.4, -0.2) is 29.0 Å². The summed E-state index contributed by atoms with van der Waals surface area (Å²) in [6.45, 7) is 1.57. The van der Waals surface area contributed by atoms with Crippen LogP contribution >= 0.6 is 23.2 Å². The Morgan fingerprint density at radius 2 is 1.89 bits per heavy atom. The summed E-state index contributed by atoms with van der Waals surface area (Å²) in [4.78, 5) is 0. The van der Waals surface area contributed by atoms with E-state index in [1.54, 1.807) is 6.07 Å². The van der Waals surface area contributed by atoms with E-state index in [-0.39, 0.29) is 0 Å². The third-order valence-electron chi connectivity index (χ3n) is 3.64. The Bertz CT molecular complexity index is 428. The quantitative estimate of drug-likeness (QED) is 0.801. The van der Waals surface area contributed by atoms with E-state index >= 15 is 0 Å². The first kappa shape index (κ1) is 15.1. The van der Waals surface area contributed by atoms with Crippen molar-refractivity contribution in [2.24, 2.45) is 5.92 Å². The zero-order valence-electron chi connectivity index (χ0n) is 10.6. The number of benzene rings is 1. The standard InChI is InChI=1S/C14H19Cl2NO2/c15-11-3-1-9(5-12(11)16)7-17-8-10-2-4-13(18)14(19)6-10/h1,3,5,10,13-14,17-19H,2,4,6-8H2/t10?,13-,14-/m1/s1. The Labute approximate surface area is 123 Å². The number of aliphatic hydroxyl groups excluding tert-OH is 2. The maximum absolute atomic E-state index is 9.62. The largest absolute Gasteiger partial charge is 0.390 e. The van der Waals surface area contributed by atoms with Gasteiger partial charge in [-0.1, -0.05) is 29.3 Å². The van der Waals surface area contributed by atoms with Crippen molar-refractivity contribution in [3.63, 3.8) is 0 Å². The third-order valence-corrected chi connectivity index (χ3v) is 4.37. The van der Waals surface area contributed by atoms with Crippen LogP contribution in [0.5, 0.6) is 0 Å². The van der Waals surface area contributed by atoms with E-state index in [0.29, 0.717) is 28.8 Å². The van der Waals surface area contributed by atoms with Crippen molar-refractivity contribution >= 4 is 23.2 Å². The predicted octanol–water partition coefficient (Wildman–Crippen LogP) is 2.60. The molecule has 1 aliphatic carbocycles. The highest BCUT2D eigenvalue weighted by Crippen LogP contribution is 2.25. The molecule has 0 aromatic heterocycles. The highest BCUT2D eigenvalue weighted by molar-refractivity contribution is 6.42. The second-order valence-corrected chi connectivity index (χ2v) is 6.01. The van der Waals surface area contributed by atoms with Gasteiger partial charge in [-0.15, -0.1) is 0 Å². The van der Waals surface area contributed by atoms with Crippen LogP contribution in [0.2, 0.25) is 10.0 Å². The monoisotopic (exact) mass is 303 g/mol. The number of nitrogens with one attached hydrogen (secondary N) is 1. The van der Waals surface area contributed by atoms with Gasteiger partial charge in [-0.3, -0.25) is 0 Å². The summed E-state index contributed by atoms with van der Waals surface area (Å²) in [5, 5.41) is 23.6. The Morgan fingerprint density at radius 1 is 1.11 bits per heavy atom. The van der Waals surface area contributed by atoms with Crippen LogP contribution in [0.25, 0.3) is 0 Å². The smallest absolute Gasteiger partial charge is 0.0802 e. The molecule has 1 saturated carbocycles. The molecule has 1 fully saturated rings. The Kier molecular flexibility index (Phi) is 5.48. The van der Waals surface area contributed by atoms with Gasteiger partial charge in [-0.25, -0.2) is 0 Å². The van der Waals surface area contributed by atoms with Crippen molar-refractivity contribution in [2.75, 3.05) is 6.54 Å². The lowest BCUT2D eigenvalue weighted by Gasteiger charge is -2.30. The molecule has 3 atom stereocenters. The van der Waals surface area contributed by atoms with Gasteiger partial charge in [-0.2, -0.15) is 0 Å². The van der Waals surface area contributed by atoms with Crippen LogP contribution in [0.3, 0.4) is 0 Å². The molecule has 2 rings (SSSR count). The molecule has 0 heterocycles. The summed E-state index contributed by atoms with van der Waals surface area (Å²) >= 11 is 11.8. The van der Waals surface area contributed by atoms with Gasteiger partial charge in [0.05, 0.1) is 22.3 Å². The second kappa shape index (κ2) is 6.91. The van der Waals surface area contributed by atoms with E-state index in [2.05, 4.69) is 5.32 Å². The summed E-state index contributed by atoms with van der Waals surface area (Å²) in [5.74, 6) is 0.418. The Balaban J connectivity index is 1.76. The summed E-state index contributed by atoms with van der Waals surface area (Å²) in [6.07, 6.45) is 1.17. The van der Waals surface area contributed by atoms with Gasteiger partial charge >= 0.3 is 0 Å². The maximum atomic E-state index is 9.62. The number of hydrogen-bond acceptors (Lipinski definition) is 3. The van der Waals surface area contributed by atoms with Crippen molar-refractivity contribution in [2.45, 2.75) is 38.0 Å². The molecular formula is C14H19Cl2NO2. The molecule has 0 radical (unpaired) electrons. The van der Waals surface area contributed by atoms with E-state index in [4.69, 9.17) is 23.2 Å². The zero-order chi connectivity index (χ0) is 13.8. The first-order valence-electron chi connectivity index (χ1n) is 6.57. The van der Waals surface area contributed by atoms with Gasteiger partial charge in [-0.05, 0) is 49.4 Å². The van der Waals surface area contributed by atoms with Gasteiger partial charge in [0.1, 0.15) is 0 Å². The molecule has 3 N–H and O–H groups in total. The van der Waals surface area contributed by atoms with Gasteiger partial charge in [0.2, 0.25) is 0 Å². The van der Waals surface area contributed by atoms with Crippen molar-refractivity contribution in [3.8, 4) is 0 Å². The molecule has 106 valence electrons. The maximum Gasteiger partial charge on any atom is 0.0802 e. The zero-order valence-corrected chi connectivity index (χ0v) is 12.2. The lowest BCUT2D eigenvalue weighted by atomic mass is 9.85. The lowest BCUT2D eigenvalue weighted by Crippen LogP contribution is -2.37. The molecule has 3 nitrogen and oxygen atoms in total. The van der Waals surface area contributed by atoms with Crippen molar-refractivity contribution in [1.82, 2.24) is 5.32 Å². The highest BCUT2D eigenvalue weighted by Gasteiger charge is 2.26. The molecule has 19 heavy (non-hydrogen) atoms. The third kappa shape index (κ3) is 4.33. The van der Waals surface area contributed by atoms with Gasteiger partial charge in [0.15, 0.2) is 0 Å². The minimum Gasteiger partial charge on any atom is -0.390 e. The summed E-state index contributed by atoms with van der Waals surface area (Å²) in [7, 11) is 0. The molecule has 1 aliphatic rings. The lowest BCUT2D eigenvalue weighted by molar-refractivity contribution is -0.0251. The van der Waals surface area contributed by atoms with Gasteiger partial charge in [0.25, 0.3) is 0 Å². The number of rotatable bonds is 4. The Morgan fingerprint density at radius 3 is 2.58 bits per heavy atom. The molecule has 0 aliphatic heterocycles. The SMILES string of the molecule is O[C@@H]1CCC(CNCc2ccc(Cl)c(Cl)c2)C[C@H]1O. The van der Waals surface area contributed by atoms with Crippen molar-refractivity contribution < 1.29 is 10.2 Å². The first-order chi connectivity index (χ1) is 9.06. The molecular weight excluding hydrogens is 285 g/mol. The fourth-order valence-electron chi connectivity index (χ4n) is 2.47. The van der Waals surface area contributed by atoms with Crippen LogP contribution in [0, 0.1) is 5.92 Å². The van der Waals surface area contributed by atoms with E-state index in [1.165, 1.54) is 0 Å². The molecule has 1 unspecified atom stereocenters. The number of hydrogen-bond donors (Lipinski definition) is 3. The second-order valence-electron chi connectivity index (χ2n) is 5.19. The highest BCUT2D eigenvalue weighted by atomic mass is 35.5. The molecule has 1 aromatic carbocycles. The van der Waals surface area contributed by atoms with Gasteiger partial charge in [0, 0.05) is 6.54 Å². The molecule has 0 amide bonds. The summed E-state index contributed by atoms with van der Waals surface area (Å²) in [6, 6.07) is 5.60. The van der Waals surface area contributed by atoms with Crippen LogP contribution in [-0.2, 0) is 6.54 Å². The number of aliphatic hydroxyl groups is 2. The van der Waals surface area contributed by atoms with E-state index in [0.717, 1.165) is 25.1 Å². The molecule has 0 spiro atoms. The average Bonchev–Trinajstić information content (AvgIpc) is 2.38. The predicted molar refractivity (Wildman–Crippen MR) is 77.5 cm³/mol. The minimum absolute atomic E-state index is 0.418. The van der Waals surface area contributed by atoms with E-state index in [9.17, 15) is 10.2 Å². The van der Waals surface area contributed by atoms with Crippen molar-refractivity contribution in [3.05, 3.63) is 33.8 Å². The average molecular weight is 304 g/mol. The van der Waals surface area contributed by atoms with Crippen LogP contribution in [0.15, 0.2) is 18.2 Å². The topological polar surface area (TPSA) is 52.5 Å². The Hall–Kier alpha value is -0.320. The fraction of sp³-hybridized carbons (Fsp3) is 0.571. The summed E-state index contributed by atoms with van der Waals surface area (Å²) in [5.41, 5.74) is 1.09. The summed E-state index contributed by atoms with van der Waals surface area (Å²) < 4.78 is 0. The van der Waals surface area contributed by atoms with Crippen LogP contribution < -0.4 is 5.32 Å². The fourth-order valence-corrected chi connectivity index (χ4v) is 2.79. The molecule has 1 aromatic rings. The molecule has 0 bridgehead atoms. The van der Waals surface area contributed by atoms with Crippen LogP contribution in [0.4, 0.5) is 0 Å². The van der Waals surface area contributed by atoms with Crippen LogP contribution in [0.1, 0.15) is 24.8 Å².